The Morgan fingerprint density at radius 2 is 2.09 bits per heavy atom. The molecule has 0 aromatic carbocycles. The first-order valence-electron chi connectivity index (χ1n) is 3.93. The molecular formula is C10H16O. The molecule has 0 bridgehead atoms. The average Bonchev–Trinajstić information content (AvgIpc) is 1.97. The highest BCUT2D eigenvalue weighted by Crippen LogP contribution is 2.04. The quantitative estimate of drug-likeness (QED) is 0.256. The van der Waals surface area contributed by atoms with Gasteiger partial charge in [0.2, 0.25) is 0 Å². The number of unbranched alkanes of at least 4 members (excludes halogenated alkanes) is 1. The summed E-state index contributed by atoms with van der Waals surface area (Å²) in [5, 5.41) is 0. The van der Waals surface area contributed by atoms with Gasteiger partial charge in [-0.25, -0.2) is 0 Å². The van der Waals surface area contributed by atoms with Gasteiger partial charge in [0.05, 0.1) is 0 Å². The number of rotatable bonds is 5. The Kier molecular flexibility index (Phi) is 5.44. The second-order valence-electron chi connectivity index (χ2n) is 2.95. The first-order valence-corrected chi connectivity index (χ1v) is 3.93. The van der Waals surface area contributed by atoms with E-state index in [1.807, 2.05) is 0 Å². The number of hydrogen-bond acceptors (Lipinski definition) is 1. The van der Waals surface area contributed by atoms with E-state index in [-0.39, 0.29) is 0 Å². The van der Waals surface area contributed by atoms with Gasteiger partial charge in [0.25, 0.3) is 0 Å². The summed E-state index contributed by atoms with van der Waals surface area (Å²) in [5.41, 5.74) is 2.04. The van der Waals surface area contributed by atoms with Gasteiger partial charge in [-0.3, -0.25) is 4.79 Å². The van der Waals surface area contributed by atoms with Crippen molar-refractivity contribution in [3.8, 4) is 0 Å². The van der Waals surface area contributed by atoms with Crippen molar-refractivity contribution in [2.24, 2.45) is 0 Å². The molecule has 0 fully saturated rings. The van der Waals surface area contributed by atoms with Crippen molar-refractivity contribution in [1.82, 2.24) is 0 Å². The minimum atomic E-state index is 0.701. The fourth-order valence-electron chi connectivity index (χ4n) is 0.779. The molecule has 0 heterocycles. The van der Waals surface area contributed by atoms with Gasteiger partial charge in [0.15, 0.2) is 0 Å². The monoisotopic (exact) mass is 152 g/mol. The Morgan fingerprint density at radius 1 is 1.45 bits per heavy atom. The standard InChI is InChI=1S/C10H16O/c1-9(2)6-4-5-7-10(3)8-11/h6,8H,3-5,7H2,1-2H3. The van der Waals surface area contributed by atoms with E-state index in [0.717, 1.165) is 25.5 Å². The number of carbonyl (C=O) groups is 1. The van der Waals surface area contributed by atoms with Crippen LogP contribution in [0.1, 0.15) is 33.1 Å². The molecule has 0 spiro atoms. The summed E-state index contributed by atoms with van der Waals surface area (Å²) in [6, 6.07) is 0. The van der Waals surface area contributed by atoms with Crippen LogP contribution in [0.2, 0.25) is 0 Å². The molecule has 0 aromatic heterocycles. The predicted octanol–water partition coefficient (Wildman–Crippen LogP) is 2.88. The van der Waals surface area contributed by atoms with Crippen LogP contribution in [0.5, 0.6) is 0 Å². The van der Waals surface area contributed by atoms with Crippen LogP contribution in [0.25, 0.3) is 0 Å². The Bertz CT molecular complexity index is 162. The van der Waals surface area contributed by atoms with Gasteiger partial charge in [-0.05, 0) is 38.7 Å². The summed E-state index contributed by atoms with van der Waals surface area (Å²) in [6.45, 7) is 7.76. The fraction of sp³-hybridized carbons (Fsp3) is 0.500. The predicted molar refractivity (Wildman–Crippen MR) is 48.5 cm³/mol. The third-order valence-corrected chi connectivity index (χ3v) is 1.42. The molecule has 0 aromatic rings. The van der Waals surface area contributed by atoms with Crippen molar-refractivity contribution in [1.29, 1.82) is 0 Å². The van der Waals surface area contributed by atoms with Crippen LogP contribution in [-0.4, -0.2) is 6.29 Å². The van der Waals surface area contributed by atoms with Crippen molar-refractivity contribution >= 4 is 6.29 Å². The molecule has 0 saturated carbocycles. The van der Waals surface area contributed by atoms with Crippen LogP contribution in [-0.2, 0) is 4.79 Å². The smallest absolute Gasteiger partial charge is 0.145 e. The number of aldehydes is 1. The van der Waals surface area contributed by atoms with Crippen LogP contribution in [0, 0.1) is 0 Å². The third kappa shape index (κ3) is 7.04. The maximum Gasteiger partial charge on any atom is 0.145 e. The van der Waals surface area contributed by atoms with Gasteiger partial charge in [0, 0.05) is 0 Å². The molecule has 0 rings (SSSR count). The number of carbonyl (C=O) groups excluding carboxylic acids is 1. The highest BCUT2D eigenvalue weighted by atomic mass is 16.1. The van der Waals surface area contributed by atoms with Crippen LogP contribution in [0.3, 0.4) is 0 Å². The summed E-state index contributed by atoms with van der Waals surface area (Å²) in [7, 11) is 0. The van der Waals surface area contributed by atoms with Crippen molar-refractivity contribution in [2.45, 2.75) is 33.1 Å². The minimum absolute atomic E-state index is 0.701. The van der Waals surface area contributed by atoms with E-state index in [4.69, 9.17) is 0 Å². The lowest BCUT2D eigenvalue weighted by atomic mass is 10.1. The first kappa shape index (κ1) is 10.2. The molecule has 0 aliphatic rings. The summed E-state index contributed by atoms with van der Waals surface area (Å²) >= 11 is 0. The Balaban J connectivity index is 3.35. The lowest BCUT2D eigenvalue weighted by Gasteiger charge is -1.94. The molecule has 0 amide bonds. The van der Waals surface area contributed by atoms with Crippen molar-refractivity contribution in [3.05, 3.63) is 23.8 Å². The molecule has 1 nitrogen and oxygen atoms in total. The molecule has 0 N–H and O–H groups in total. The Labute approximate surface area is 68.8 Å². The maximum absolute atomic E-state index is 10.1. The zero-order chi connectivity index (χ0) is 8.69. The topological polar surface area (TPSA) is 17.1 Å². The normalized spacial score (nSPS) is 8.91. The van der Waals surface area contributed by atoms with E-state index in [1.165, 1.54) is 5.57 Å². The van der Waals surface area contributed by atoms with Crippen molar-refractivity contribution in [2.75, 3.05) is 0 Å². The highest BCUT2D eigenvalue weighted by Gasteiger charge is 1.89. The molecule has 11 heavy (non-hydrogen) atoms. The fourth-order valence-corrected chi connectivity index (χ4v) is 0.779. The SMILES string of the molecule is C=C(C=O)CCCC=C(C)C. The van der Waals surface area contributed by atoms with Crippen LogP contribution in [0.15, 0.2) is 23.8 Å². The van der Waals surface area contributed by atoms with E-state index < -0.39 is 0 Å². The lowest BCUT2D eigenvalue weighted by Crippen LogP contribution is -1.81. The van der Waals surface area contributed by atoms with Crippen molar-refractivity contribution in [3.63, 3.8) is 0 Å². The van der Waals surface area contributed by atoms with Gasteiger partial charge >= 0.3 is 0 Å². The van der Waals surface area contributed by atoms with Crippen LogP contribution >= 0.6 is 0 Å². The molecular weight excluding hydrogens is 136 g/mol. The zero-order valence-electron chi connectivity index (χ0n) is 7.39. The Hall–Kier alpha value is -0.850. The minimum Gasteiger partial charge on any atom is -0.298 e. The average molecular weight is 152 g/mol. The molecule has 0 aliphatic heterocycles. The van der Waals surface area contributed by atoms with Gasteiger partial charge in [-0.15, -0.1) is 0 Å². The highest BCUT2D eigenvalue weighted by molar-refractivity contribution is 5.71. The van der Waals surface area contributed by atoms with E-state index in [1.54, 1.807) is 0 Å². The van der Waals surface area contributed by atoms with Gasteiger partial charge in [-0.2, -0.15) is 0 Å². The molecule has 0 aliphatic carbocycles. The largest absolute Gasteiger partial charge is 0.298 e. The van der Waals surface area contributed by atoms with E-state index in [9.17, 15) is 4.79 Å². The van der Waals surface area contributed by atoms with Crippen LogP contribution < -0.4 is 0 Å². The first-order chi connectivity index (χ1) is 5.16. The summed E-state index contributed by atoms with van der Waals surface area (Å²) < 4.78 is 0. The summed E-state index contributed by atoms with van der Waals surface area (Å²) in [6.07, 6.45) is 5.92. The molecule has 0 radical (unpaired) electrons. The lowest BCUT2D eigenvalue weighted by molar-refractivity contribution is -0.105. The maximum atomic E-state index is 10.1. The van der Waals surface area contributed by atoms with Gasteiger partial charge < -0.3 is 0 Å². The molecule has 0 saturated heterocycles. The van der Waals surface area contributed by atoms with Crippen molar-refractivity contribution < 1.29 is 4.79 Å². The molecule has 0 unspecified atom stereocenters. The van der Waals surface area contributed by atoms with Crippen LogP contribution in [0.4, 0.5) is 0 Å². The summed E-state index contributed by atoms with van der Waals surface area (Å²) in [4.78, 5) is 10.1. The van der Waals surface area contributed by atoms with Gasteiger partial charge in [-0.1, -0.05) is 18.2 Å². The van der Waals surface area contributed by atoms with E-state index >= 15 is 0 Å². The van der Waals surface area contributed by atoms with Gasteiger partial charge in [0.1, 0.15) is 6.29 Å². The van der Waals surface area contributed by atoms with E-state index in [0.29, 0.717) is 5.57 Å². The van der Waals surface area contributed by atoms with E-state index in [2.05, 4.69) is 26.5 Å². The second-order valence-corrected chi connectivity index (χ2v) is 2.95. The molecule has 1 heteroatoms. The zero-order valence-corrected chi connectivity index (χ0v) is 7.39. The molecule has 0 atom stereocenters. The number of hydrogen-bond donors (Lipinski definition) is 0. The summed E-state index contributed by atoms with van der Waals surface area (Å²) in [5.74, 6) is 0. The molecule has 62 valence electrons. The number of allylic oxidation sites excluding steroid dienone is 3. The Morgan fingerprint density at radius 3 is 2.55 bits per heavy atom. The second kappa shape index (κ2) is 5.90. The third-order valence-electron chi connectivity index (χ3n) is 1.42.